The van der Waals surface area contributed by atoms with E-state index in [9.17, 15) is 9.59 Å². The highest BCUT2D eigenvalue weighted by Crippen LogP contribution is 2.35. The first kappa shape index (κ1) is 27.3. The van der Waals surface area contributed by atoms with E-state index in [-0.39, 0.29) is 6.61 Å². The number of hydrogen-bond donors (Lipinski definition) is 1. The lowest BCUT2D eigenvalue weighted by Gasteiger charge is -2.34. The van der Waals surface area contributed by atoms with E-state index in [4.69, 9.17) is 15.5 Å². The molecule has 8 nitrogen and oxygen atoms in total. The Morgan fingerprint density at radius 3 is 2.61 bits per heavy atom. The minimum atomic E-state index is -0.465. The van der Waals surface area contributed by atoms with Crippen LogP contribution in [0.3, 0.4) is 0 Å². The topological polar surface area (TPSA) is 102 Å². The minimum Gasteiger partial charge on any atom is -0.472 e. The second kappa shape index (κ2) is 13.7. The predicted octanol–water partition coefficient (Wildman–Crippen LogP) is 4.60. The number of primary amides is 1. The number of carbonyl (C=O) groups is 2. The smallest absolute Gasteiger partial charge is 0.248 e. The average molecular weight is 532 g/mol. The van der Waals surface area contributed by atoms with Crippen molar-refractivity contribution >= 4 is 29.9 Å². The Hall–Kier alpha value is -3.69. The van der Waals surface area contributed by atoms with Crippen molar-refractivity contribution in [1.29, 1.82) is 0 Å². The molecule has 1 aliphatic heterocycles. The van der Waals surface area contributed by atoms with Crippen LogP contribution < -0.4 is 15.4 Å². The molecule has 2 aromatic carbocycles. The summed E-state index contributed by atoms with van der Waals surface area (Å²) in [7, 11) is 0. The zero-order chi connectivity index (χ0) is 26.7. The highest BCUT2D eigenvalue weighted by atomic mass is 32.2. The monoisotopic (exact) mass is 531 g/mol. The molecule has 1 aromatic heterocycles. The zero-order valence-corrected chi connectivity index (χ0v) is 22.2. The molecule has 0 saturated carbocycles. The van der Waals surface area contributed by atoms with E-state index in [0.29, 0.717) is 23.0 Å². The lowest BCUT2D eigenvalue weighted by Crippen LogP contribution is -2.47. The lowest BCUT2D eigenvalue weighted by molar-refractivity contribution is 0.0999. The normalized spacial score (nSPS) is 13.7. The molecule has 4 rings (SSSR count). The standard InChI is InChI=1S/C29H33N5O3S/c1-2-3-4-5-13-33-14-16-34(17-15-33)29-31-19-26(38-25-11-9-24(10-12-25)27(30)36)28(32-29)37-21-23-8-6-7-22(18-23)20-35/h2,6-12,18-20H,1,3-5,13-17,21H2,(H2,30,36). The SMILES string of the molecule is C=CCCCCN1CCN(c2ncc(Sc3ccc(C(N)=O)cc3)c(OCc3cccc(C=O)c3)n2)CC1. The number of nitrogens with two attached hydrogens (primary N) is 1. The van der Waals surface area contributed by atoms with Crippen LogP contribution >= 0.6 is 11.8 Å². The molecule has 1 fully saturated rings. The van der Waals surface area contributed by atoms with Crippen molar-refractivity contribution in [1.82, 2.24) is 14.9 Å². The minimum absolute atomic E-state index is 0.269. The van der Waals surface area contributed by atoms with Gasteiger partial charge in [0.25, 0.3) is 0 Å². The number of unbranched alkanes of at least 4 members (excludes halogenated alkanes) is 2. The molecular formula is C29H33N5O3S. The number of piperazine rings is 1. The van der Waals surface area contributed by atoms with Gasteiger partial charge in [0.1, 0.15) is 12.9 Å². The van der Waals surface area contributed by atoms with Crippen molar-refractivity contribution in [3.8, 4) is 5.88 Å². The molecule has 1 amide bonds. The number of carbonyl (C=O) groups excluding carboxylic acids is 2. The van der Waals surface area contributed by atoms with Crippen LogP contribution in [0.15, 0.2) is 77.2 Å². The van der Waals surface area contributed by atoms with Crippen LogP contribution in [0.25, 0.3) is 0 Å². The number of anilines is 1. The highest BCUT2D eigenvalue weighted by molar-refractivity contribution is 7.99. The van der Waals surface area contributed by atoms with Crippen molar-refractivity contribution in [2.75, 3.05) is 37.6 Å². The number of aromatic nitrogens is 2. The van der Waals surface area contributed by atoms with Crippen LogP contribution in [0.2, 0.25) is 0 Å². The molecule has 2 heterocycles. The van der Waals surface area contributed by atoms with Crippen molar-refractivity contribution in [3.63, 3.8) is 0 Å². The van der Waals surface area contributed by atoms with Gasteiger partial charge in [0.05, 0.1) is 11.1 Å². The summed E-state index contributed by atoms with van der Waals surface area (Å²) < 4.78 is 6.18. The maximum Gasteiger partial charge on any atom is 0.248 e. The Morgan fingerprint density at radius 2 is 1.89 bits per heavy atom. The van der Waals surface area contributed by atoms with Gasteiger partial charge < -0.3 is 15.4 Å². The number of amides is 1. The predicted molar refractivity (Wildman–Crippen MR) is 150 cm³/mol. The summed E-state index contributed by atoms with van der Waals surface area (Å²) in [5, 5.41) is 0. The van der Waals surface area contributed by atoms with E-state index in [1.165, 1.54) is 24.6 Å². The summed E-state index contributed by atoms with van der Waals surface area (Å²) in [6.07, 6.45) is 8.00. The van der Waals surface area contributed by atoms with E-state index in [1.54, 1.807) is 30.5 Å². The molecule has 0 bridgehead atoms. The molecule has 2 N–H and O–H groups in total. The van der Waals surface area contributed by atoms with Gasteiger partial charge in [-0.1, -0.05) is 36.0 Å². The Labute approximate surface area is 227 Å². The molecular weight excluding hydrogens is 498 g/mol. The van der Waals surface area contributed by atoms with Crippen LogP contribution in [-0.2, 0) is 6.61 Å². The highest BCUT2D eigenvalue weighted by Gasteiger charge is 2.21. The van der Waals surface area contributed by atoms with Gasteiger partial charge in [0.15, 0.2) is 0 Å². The van der Waals surface area contributed by atoms with E-state index in [1.807, 2.05) is 30.3 Å². The van der Waals surface area contributed by atoms with E-state index >= 15 is 0 Å². The molecule has 0 radical (unpaired) electrons. The number of benzene rings is 2. The maximum absolute atomic E-state index is 11.4. The van der Waals surface area contributed by atoms with Crippen molar-refractivity contribution in [3.05, 3.63) is 84.1 Å². The van der Waals surface area contributed by atoms with Crippen LogP contribution in [0.4, 0.5) is 5.95 Å². The summed E-state index contributed by atoms with van der Waals surface area (Å²) in [4.78, 5) is 38.4. The second-order valence-electron chi connectivity index (χ2n) is 9.09. The molecule has 9 heteroatoms. The molecule has 0 spiro atoms. The first-order valence-electron chi connectivity index (χ1n) is 12.8. The summed E-state index contributed by atoms with van der Waals surface area (Å²) in [5.41, 5.74) is 7.30. The number of allylic oxidation sites excluding steroid dienone is 1. The molecule has 198 valence electrons. The molecule has 1 saturated heterocycles. The third-order valence-electron chi connectivity index (χ3n) is 6.33. The van der Waals surface area contributed by atoms with Crippen LogP contribution in [0, 0.1) is 0 Å². The Kier molecular flexibility index (Phi) is 9.89. The van der Waals surface area contributed by atoms with E-state index in [2.05, 4.69) is 21.4 Å². The van der Waals surface area contributed by atoms with Gasteiger partial charge in [-0.05, 0) is 61.7 Å². The van der Waals surface area contributed by atoms with Gasteiger partial charge in [-0.3, -0.25) is 14.5 Å². The Morgan fingerprint density at radius 1 is 1.11 bits per heavy atom. The molecule has 0 atom stereocenters. The van der Waals surface area contributed by atoms with Gasteiger partial charge in [-0.25, -0.2) is 4.98 Å². The van der Waals surface area contributed by atoms with Gasteiger partial charge in [0.2, 0.25) is 17.7 Å². The summed E-state index contributed by atoms with van der Waals surface area (Å²) in [6, 6.07) is 14.4. The fourth-order valence-electron chi connectivity index (χ4n) is 4.19. The summed E-state index contributed by atoms with van der Waals surface area (Å²) >= 11 is 1.45. The zero-order valence-electron chi connectivity index (χ0n) is 21.4. The third kappa shape index (κ3) is 7.66. The Bertz CT molecular complexity index is 1240. The fraction of sp³-hybridized carbons (Fsp3) is 0.310. The first-order chi connectivity index (χ1) is 18.6. The molecule has 0 aliphatic carbocycles. The van der Waals surface area contributed by atoms with Crippen LogP contribution in [0.1, 0.15) is 45.5 Å². The number of ether oxygens (including phenoxy) is 1. The number of aldehydes is 1. The largest absolute Gasteiger partial charge is 0.472 e. The molecule has 0 unspecified atom stereocenters. The molecule has 3 aromatic rings. The summed E-state index contributed by atoms with van der Waals surface area (Å²) in [5.74, 6) is 0.649. The number of nitrogens with zero attached hydrogens (tertiary/aromatic N) is 4. The van der Waals surface area contributed by atoms with Gasteiger partial charge in [-0.15, -0.1) is 6.58 Å². The second-order valence-corrected chi connectivity index (χ2v) is 10.2. The quantitative estimate of drug-likeness (QED) is 0.194. The van der Waals surface area contributed by atoms with Crippen LogP contribution in [-0.4, -0.2) is 59.8 Å². The first-order valence-corrected chi connectivity index (χ1v) is 13.6. The van der Waals surface area contributed by atoms with Gasteiger partial charge in [0, 0.05) is 42.2 Å². The number of hydrogen-bond acceptors (Lipinski definition) is 8. The molecule has 38 heavy (non-hydrogen) atoms. The van der Waals surface area contributed by atoms with Crippen LogP contribution in [0.5, 0.6) is 5.88 Å². The molecule has 1 aliphatic rings. The van der Waals surface area contributed by atoms with Crippen molar-refractivity contribution in [2.45, 2.75) is 35.7 Å². The third-order valence-corrected chi connectivity index (χ3v) is 7.33. The van der Waals surface area contributed by atoms with E-state index < -0.39 is 5.91 Å². The van der Waals surface area contributed by atoms with Gasteiger partial charge in [-0.2, -0.15) is 4.98 Å². The average Bonchev–Trinajstić information content (AvgIpc) is 2.95. The number of rotatable bonds is 13. The fourth-order valence-corrected chi connectivity index (χ4v) is 5.01. The summed E-state index contributed by atoms with van der Waals surface area (Å²) in [6.45, 7) is 8.80. The van der Waals surface area contributed by atoms with Gasteiger partial charge >= 0.3 is 0 Å². The lowest BCUT2D eigenvalue weighted by atomic mass is 10.1. The van der Waals surface area contributed by atoms with E-state index in [0.717, 1.165) is 60.8 Å². The van der Waals surface area contributed by atoms with Crippen molar-refractivity contribution < 1.29 is 14.3 Å². The van der Waals surface area contributed by atoms with Crippen molar-refractivity contribution in [2.24, 2.45) is 5.73 Å². The Balaban J connectivity index is 1.48. The maximum atomic E-state index is 11.4.